The predicted molar refractivity (Wildman–Crippen MR) is 99.7 cm³/mol. The first-order valence-electron chi connectivity index (χ1n) is 8.76. The van der Waals surface area contributed by atoms with E-state index >= 15 is 0 Å². The summed E-state index contributed by atoms with van der Waals surface area (Å²) < 4.78 is 16.8. The van der Waals surface area contributed by atoms with Crippen LogP contribution in [0.1, 0.15) is 32.8 Å². The van der Waals surface area contributed by atoms with Crippen LogP contribution in [0.3, 0.4) is 0 Å². The second kappa shape index (κ2) is 7.30. The van der Waals surface area contributed by atoms with Gasteiger partial charge in [-0.3, -0.25) is 10.1 Å². The number of hydrogen-bond donors (Lipinski definition) is 2. The molecule has 0 unspecified atom stereocenters. The average Bonchev–Trinajstić information content (AvgIpc) is 3.25. The number of ether oxygens (including phenoxy) is 3. The number of thiophene rings is 1. The molecule has 4 rings (SSSR count). The lowest BCUT2D eigenvalue weighted by molar-refractivity contribution is -0.163. The van der Waals surface area contributed by atoms with Crippen LogP contribution >= 0.6 is 11.3 Å². The fourth-order valence-corrected chi connectivity index (χ4v) is 4.84. The molecule has 27 heavy (non-hydrogen) atoms. The molecule has 2 aromatic rings. The van der Waals surface area contributed by atoms with Crippen LogP contribution < -0.4 is 11.1 Å². The molecule has 1 aromatic heterocycles. The van der Waals surface area contributed by atoms with E-state index in [1.54, 1.807) is 0 Å². The highest BCUT2D eigenvalue weighted by atomic mass is 32.1. The lowest BCUT2D eigenvalue weighted by Crippen LogP contribution is -2.36. The largest absolute Gasteiger partial charge is 0.444 e. The van der Waals surface area contributed by atoms with Crippen molar-refractivity contribution in [3.05, 3.63) is 51.9 Å². The van der Waals surface area contributed by atoms with Crippen LogP contribution in [0.15, 0.2) is 30.3 Å². The minimum atomic E-state index is -0.622. The first-order valence-corrected chi connectivity index (χ1v) is 9.58. The van der Waals surface area contributed by atoms with Crippen molar-refractivity contribution in [1.29, 1.82) is 0 Å². The van der Waals surface area contributed by atoms with Crippen LogP contribution in [-0.4, -0.2) is 31.0 Å². The van der Waals surface area contributed by atoms with Gasteiger partial charge < -0.3 is 19.9 Å². The molecule has 0 bridgehead atoms. The van der Waals surface area contributed by atoms with Crippen molar-refractivity contribution < 1.29 is 23.8 Å². The van der Waals surface area contributed by atoms with Gasteiger partial charge in [0.25, 0.3) is 5.91 Å². The van der Waals surface area contributed by atoms with E-state index in [1.807, 2.05) is 30.3 Å². The van der Waals surface area contributed by atoms with Gasteiger partial charge in [0.2, 0.25) is 0 Å². The minimum Gasteiger partial charge on any atom is -0.444 e. The van der Waals surface area contributed by atoms with E-state index in [2.05, 4.69) is 5.32 Å². The van der Waals surface area contributed by atoms with Gasteiger partial charge in [0.15, 0.2) is 5.79 Å². The third-order valence-electron chi connectivity index (χ3n) is 4.76. The Labute approximate surface area is 160 Å². The van der Waals surface area contributed by atoms with Gasteiger partial charge in [0.1, 0.15) is 11.6 Å². The third kappa shape index (κ3) is 3.69. The fourth-order valence-electron chi connectivity index (χ4n) is 3.51. The molecule has 2 heterocycles. The molecule has 1 aliphatic heterocycles. The van der Waals surface area contributed by atoms with E-state index in [-0.39, 0.29) is 6.61 Å². The topological polar surface area (TPSA) is 99.9 Å². The number of rotatable bonds is 4. The van der Waals surface area contributed by atoms with Crippen molar-refractivity contribution in [2.24, 2.45) is 5.73 Å². The molecule has 0 atom stereocenters. The number of hydrogen-bond acceptors (Lipinski definition) is 6. The van der Waals surface area contributed by atoms with Gasteiger partial charge in [-0.2, -0.15) is 0 Å². The summed E-state index contributed by atoms with van der Waals surface area (Å²) in [6.45, 7) is 1.29. The number of benzene rings is 1. The normalized spacial score (nSPS) is 17.5. The summed E-state index contributed by atoms with van der Waals surface area (Å²) in [5.74, 6) is -1.17. The molecule has 7 nitrogen and oxygen atoms in total. The van der Waals surface area contributed by atoms with Crippen molar-refractivity contribution in [3.63, 3.8) is 0 Å². The monoisotopic (exact) mass is 388 g/mol. The molecule has 0 radical (unpaired) electrons. The van der Waals surface area contributed by atoms with E-state index in [1.165, 1.54) is 11.3 Å². The van der Waals surface area contributed by atoms with Crippen molar-refractivity contribution >= 4 is 28.3 Å². The second-order valence-electron chi connectivity index (χ2n) is 6.54. The molecule has 3 N–H and O–H groups in total. The zero-order valence-electron chi connectivity index (χ0n) is 14.7. The van der Waals surface area contributed by atoms with Gasteiger partial charge in [0.05, 0.1) is 18.8 Å². The third-order valence-corrected chi connectivity index (χ3v) is 5.91. The molecular weight excluding hydrogens is 368 g/mol. The summed E-state index contributed by atoms with van der Waals surface area (Å²) in [6, 6.07) is 9.37. The highest BCUT2D eigenvalue weighted by Gasteiger charge is 2.42. The van der Waals surface area contributed by atoms with Crippen LogP contribution in [-0.2, 0) is 33.7 Å². The molecule has 1 aromatic carbocycles. The van der Waals surface area contributed by atoms with Crippen molar-refractivity contribution in [3.8, 4) is 0 Å². The Bertz CT molecular complexity index is 858. The SMILES string of the molecule is NC(=O)c1c(NC(=O)OCc2ccccc2)sc2c1CCC1(C2)OCCO1. The summed E-state index contributed by atoms with van der Waals surface area (Å²) in [7, 11) is 0. The molecule has 2 aliphatic rings. The number of amides is 2. The second-order valence-corrected chi connectivity index (χ2v) is 7.65. The standard InChI is InChI=1S/C19H20N2O5S/c20-16(22)15-13-6-7-19(25-8-9-26-19)10-14(13)27-17(15)21-18(23)24-11-12-4-2-1-3-5-12/h1-5H,6-11H2,(H2,20,22)(H,21,23). The molecular formula is C19H20N2O5S. The number of nitrogens with one attached hydrogen (secondary N) is 1. The summed E-state index contributed by atoms with van der Waals surface area (Å²) >= 11 is 1.33. The zero-order valence-corrected chi connectivity index (χ0v) is 15.5. The lowest BCUT2D eigenvalue weighted by atomic mass is 9.90. The van der Waals surface area contributed by atoms with Crippen molar-refractivity contribution in [1.82, 2.24) is 0 Å². The van der Waals surface area contributed by atoms with E-state index in [0.29, 0.717) is 43.0 Å². The van der Waals surface area contributed by atoms with Crippen molar-refractivity contribution in [2.45, 2.75) is 31.7 Å². The highest BCUT2D eigenvalue weighted by molar-refractivity contribution is 7.17. The van der Waals surface area contributed by atoms with Crippen molar-refractivity contribution in [2.75, 3.05) is 18.5 Å². The number of carbonyl (C=O) groups excluding carboxylic acids is 2. The Morgan fingerprint density at radius 1 is 1.22 bits per heavy atom. The number of carbonyl (C=O) groups is 2. The maximum Gasteiger partial charge on any atom is 0.412 e. The molecule has 1 fully saturated rings. The lowest BCUT2D eigenvalue weighted by Gasteiger charge is -2.31. The maximum absolute atomic E-state index is 12.2. The van der Waals surface area contributed by atoms with E-state index in [9.17, 15) is 9.59 Å². The van der Waals surface area contributed by atoms with Crippen LogP contribution in [0, 0.1) is 0 Å². The molecule has 1 aliphatic carbocycles. The number of fused-ring (bicyclic) bond motifs is 1. The highest BCUT2D eigenvalue weighted by Crippen LogP contribution is 2.43. The summed E-state index contributed by atoms with van der Waals surface area (Å²) in [5.41, 5.74) is 7.69. The van der Waals surface area contributed by atoms with Gasteiger partial charge in [-0.1, -0.05) is 30.3 Å². The smallest absolute Gasteiger partial charge is 0.412 e. The Balaban J connectivity index is 1.50. The molecule has 1 saturated heterocycles. The van der Waals surface area contributed by atoms with Gasteiger partial charge in [0, 0.05) is 17.7 Å². The van der Waals surface area contributed by atoms with E-state index in [4.69, 9.17) is 19.9 Å². The molecule has 2 amide bonds. The van der Waals surface area contributed by atoms with Crippen LogP contribution in [0.2, 0.25) is 0 Å². The average molecular weight is 388 g/mol. The zero-order chi connectivity index (χ0) is 18.9. The maximum atomic E-state index is 12.2. The Kier molecular flexibility index (Phi) is 4.86. The van der Waals surface area contributed by atoms with E-state index < -0.39 is 17.8 Å². The summed E-state index contributed by atoms with van der Waals surface area (Å²) in [6.07, 6.45) is 1.20. The molecule has 8 heteroatoms. The first-order chi connectivity index (χ1) is 13.1. The fraction of sp³-hybridized carbons (Fsp3) is 0.368. The van der Waals surface area contributed by atoms with Gasteiger partial charge in [-0.25, -0.2) is 4.79 Å². The Morgan fingerprint density at radius 2 is 1.96 bits per heavy atom. The number of nitrogens with two attached hydrogens (primary N) is 1. The molecule has 0 saturated carbocycles. The molecule has 1 spiro atoms. The summed E-state index contributed by atoms with van der Waals surface area (Å²) in [4.78, 5) is 25.2. The first kappa shape index (κ1) is 18.0. The molecule has 142 valence electrons. The predicted octanol–water partition coefficient (Wildman–Crippen LogP) is 2.83. The van der Waals surface area contributed by atoms with Gasteiger partial charge >= 0.3 is 6.09 Å². The summed E-state index contributed by atoms with van der Waals surface area (Å²) in [5, 5.41) is 3.09. The van der Waals surface area contributed by atoms with Gasteiger partial charge in [-0.15, -0.1) is 11.3 Å². The van der Waals surface area contributed by atoms with Crippen LogP contribution in [0.25, 0.3) is 0 Å². The van der Waals surface area contributed by atoms with Crippen LogP contribution in [0.5, 0.6) is 0 Å². The number of anilines is 1. The minimum absolute atomic E-state index is 0.147. The number of primary amides is 1. The van der Waals surface area contributed by atoms with Gasteiger partial charge in [-0.05, 0) is 17.5 Å². The Hall–Kier alpha value is -2.42. The quantitative estimate of drug-likeness (QED) is 0.839. The Morgan fingerprint density at radius 3 is 2.67 bits per heavy atom. The van der Waals surface area contributed by atoms with Crippen LogP contribution in [0.4, 0.5) is 9.80 Å². The van der Waals surface area contributed by atoms with E-state index in [0.717, 1.165) is 16.0 Å².